The Kier molecular flexibility index (Phi) is 5.22. The third kappa shape index (κ3) is 4.03. The zero-order valence-corrected chi connectivity index (χ0v) is 11.9. The molecule has 100 valence electrons. The fraction of sp³-hybridized carbons (Fsp3) is 0.500. The molecule has 0 saturated heterocycles. The normalized spacial score (nSPS) is 12.8. The third-order valence-electron chi connectivity index (χ3n) is 2.57. The summed E-state index contributed by atoms with van der Waals surface area (Å²) in [5.41, 5.74) is 6.15. The third-order valence-corrected chi connectivity index (χ3v) is 3.18. The number of nitro benzene ring substituents is 1. The van der Waals surface area contributed by atoms with Crippen molar-refractivity contribution < 1.29 is 9.31 Å². The van der Waals surface area contributed by atoms with Crippen LogP contribution in [0.2, 0.25) is 0 Å². The second kappa shape index (κ2) is 6.24. The highest BCUT2D eigenvalue weighted by Crippen LogP contribution is 2.27. The van der Waals surface area contributed by atoms with Gasteiger partial charge in [-0.3, -0.25) is 10.1 Å². The number of nitrogens with zero attached hydrogens (tertiary/aromatic N) is 1. The Hall–Kier alpha value is -1.01. The first kappa shape index (κ1) is 15.0. The van der Waals surface area contributed by atoms with Gasteiger partial charge < -0.3 is 5.73 Å². The molecule has 4 nitrogen and oxygen atoms in total. The topological polar surface area (TPSA) is 69.2 Å². The Balaban J connectivity index is 3.00. The van der Waals surface area contributed by atoms with E-state index >= 15 is 0 Å². The molecule has 0 saturated carbocycles. The van der Waals surface area contributed by atoms with Crippen LogP contribution in [0.25, 0.3) is 0 Å². The first-order chi connectivity index (χ1) is 8.31. The molecule has 0 heterocycles. The van der Waals surface area contributed by atoms with Crippen LogP contribution in [0.4, 0.5) is 10.1 Å². The molecule has 2 N–H and O–H groups in total. The van der Waals surface area contributed by atoms with Crippen molar-refractivity contribution in [3.8, 4) is 0 Å². The predicted octanol–water partition coefficient (Wildman–Crippen LogP) is 3.41. The summed E-state index contributed by atoms with van der Waals surface area (Å²) in [6, 6.07) is 2.17. The predicted molar refractivity (Wildman–Crippen MR) is 71.9 cm³/mol. The highest BCUT2D eigenvalue weighted by atomic mass is 79.9. The van der Waals surface area contributed by atoms with E-state index in [-0.39, 0.29) is 16.2 Å². The van der Waals surface area contributed by atoms with Gasteiger partial charge in [0.2, 0.25) is 0 Å². The molecule has 0 radical (unpaired) electrons. The second-order valence-corrected chi connectivity index (χ2v) is 5.60. The number of hydrogen-bond donors (Lipinski definition) is 1. The molecule has 18 heavy (non-hydrogen) atoms. The van der Waals surface area contributed by atoms with Crippen LogP contribution in [0.3, 0.4) is 0 Å². The van der Waals surface area contributed by atoms with Crippen molar-refractivity contribution in [3.05, 3.63) is 38.1 Å². The number of halogens is 2. The molecule has 0 amide bonds. The van der Waals surface area contributed by atoms with Crippen LogP contribution in [0, 0.1) is 21.8 Å². The van der Waals surface area contributed by atoms with Crippen LogP contribution < -0.4 is 5.73 Å². The Morgan fingerprint density at radius 2 is 2.11 bits per heavy atom. The largest absolute Gasteiger partial charge is 0.327 e. The Labute approximate surface area is 114 Å². The minimum atomic E-state index is -0.512. The van der Waals surface area contributed by atoms with Crippen LogP contribution in [0.1, 0.15) is 25.8 Å². The van der Waals surface area contributed by atoms with Gasteiger partial charge in [-0.05, 0) is 40.8 Å². The minimum Gasteiger partial charge on any atom is -0.327 e. The maximum Gasteiger partial charge on any atom is 0.273 e. The summed E-state index contributed by atoms with van der Waals surface area (Å²) in [6.07, 6.45) is 1.05. The molecule has 1 aromatic rings. The van der Waals surface area contributed by atoms with Gasteiger partial charge in [0.25, 0.3) is 5.69 Å². The lowest BCUT2D eigenvalue weighted by atomic mass is 9.97. The summed E-state index contributed by atoms with van der Waals surface area (Å²) in [7, 11) is 0. The smallest absolute Gasteiger partial charge is 0.273 e. The highest BCUT2D eigenvalue weighted by Gasteiger charge is 2.19. The quantitative estimate of drug-likeness (QED) is 0.668. The summed E-state index contributed by atoms with van der Waals surface area (Å²) in [5.74, 6) is -0.105. The summed E-state index contributed by atoms with van der Waals surface area (Å²) in [4.78, 5) is 10.4. The first-order valence-corrected chi connectivity index (χ1v) is 6.48. The molecule has 0 bridgehead atoms. The average Bonchev–Trinajstić information content (AvgIpc) is 2.21. The van der Waals surface area contributed by atoms with Crippen molar-refractivity contribution >= 4 is 21.6 Å². The molecule has 0 aromatic heterocycles. The van der Waals surface area contributed by atoms with E-state index < -0.39 is 10.7 Å². The Morgan fingerprint density at radius 3 is 2.61 bits per heavy atom. The molecular weight excluding hydrogens is 303 g/mol. The summed E-state index contributed by atoms with van der Waals surface area (Å²) in [6.45, 7) is 4.05. The number of rotatable bonds is 5. The molecule has 0 aliphatic carbocycles. The Morgan fingerprint density at radius 1 is 1.50 bits per heavy atom. The lowest BCUT2D eigenvalue weighted by Gasteiger charge is -2.14. The van der Waals surface area contributed by atoms with E-state index in [1.807, 2.05) is 13.8 Å². The number of hydrogen-bond acceptors (Lipinski definition) is 3. The molecule has 0 aliphatic rings. The number of benzene rings is 1. The van der Waals surface area contributed by atoms with Crippen LogP contribution in [0.15, 0.2) is 16.6 Å². The minimum absolute atomic E-state index is 0.0929. The van der Waals surface area contributed by atoms with Gasteiger partial charge in [-0.25, -0.2) is 4.39 Å². The fourth-order valence-corrected chi connectivity index (χ4v) is 2.21. The van der Waals surface area contributed by atoms with Crippen LogP contribution in [-0.2, 0) is 6.42 Å². The summed E-state index contributed by atoms with van der Waals surface area (Å²) in [5, 5.41) is 10.9. The monoisotopic (exact) mass is 318 g/mol. The van der Waals surface area contributed by atoms with E-state index in [1.54, 1.807) is 0 Å². The van der Waals surface area contributed by atoms with Gasteiger partial charge in [0.05, 0.1) is 9.40 Å². The van der Waals surface area contributed by atoms with Gasteiger partial charge >= 0.3 is 0 Å². The van der Waals surface area contributed by atoms with Gasteiger partial charge in [0.15, 0.2) is 0 Å². The fourth-order valence-electron chi connectivity index (χ4n) is 1.88. The van der Waals surface area contributed by atoms with Gasteiger partial charge in [0, 0.05) is 17.7 Å². The van der Waals surface area contributed by atoms with E-state index in [1.165, 1.54) is 12.1 Å². The maximum atomic E-state index is 13.4. The molecule has 0 aliphatic heterocycles. The maximum absolute atomic E-state index is 13.4. The second-order valence-electron chi connectivity index (χ2n) is 4.75. The van der Waals surface area contributed by atoms with E-state index in [9.17, 15) is 14.5 Å². The number of nitrogens with two attached hydrogens (primary N) is 1. The molecule has 6 heteroatoms. The molecule has 1 rings (SSSR count). The molecule has 1 atom stereocenters. The molecule has 0 fully saturated rings. The van der Waals surface area contributed by atoms with Gasteiger partial charge in [-0.2, -0.15) is 0 Å². The average molecular weight is 319 g/mol. The van der Waals surface area contributed by atoms with E-state index in [0.717, 1.165) is 6.42 Å². The molecule has 0 spiro atoms. The van der Waals surface area contributed by atoms with Crippen LogP contribution in [-0.4, -0.2) is 11.0 Å². The SMILES string of the molecule is CC(C)CC(N)Cc1cc(F)c(Br)cc1[N+](=O)[O-]. The number of nitro groups is 1. The molecular formula is C12H16BrFN2O2. The lowest BCUT2D eigenvalue weighted by Crippen LogP contribution is -2.25. The van der Waals surface area contributed by atoms with Gasteiger partial charge in [-0.1, -0.05) is 13.8 Å². The first-order valence-electron chi connectivity index (χ1n) is 5.69. The molecule has 1 unspecified atom stereocenters. The highest BCUT2D eigenvalue weighted by molar-refractivity contribution is 9.10. The van der Waals surface area contributed by atoms with E-state index in [2.05, 4.69) is 15.9 Å². The standard InChI is InChI=1S/C12H16BrFN2O2/c1-7(2)3-9(15)4-8-5-11(14)10(13)6-12(8)16(17)18/h5-7,9H,3-4,15H2,1-2H3. The summed E-state index contributed by atoms with van der Waals surface area (Å²) >= 11 is 2.94. The summed E-state index contributed by atoms with van der Waals surface area (Å²) < 4.78 is 13.5. The van der Waals surface area contributed by atoms with E-state index in [0.29, 0.717) is 17.9 Å². The zero-order valence-electron chi connectivity index (χ0n) is 10.3. The molecule has 1 aromatic carbocycles. The van der Waals surface area contributed by atoms with Gasteiger partial charge in [-0.15, -0.1) is 0 Å². The van der Waals surface area contributed by atoms with Gasteiger partial charge in [0.1, 0.15) is 5.82 Å². The van der Waals surface area contributed by atoms with Crippen molar-refractivity contribution in [2.45, 2.75) is 32.7 Å². The van der Waals surface area contributed by atoms with Crippen molar-refractivity contribution in [1.29, 1.82) is 0 Å². The van der Waals surface area contributed by atoms with Crippen LogP contribution >= 0.6 is 15.9 Å². The van der Waals surface area contributed by atoms with Crippen LogP contribution in [0.5, 0.6) is 0 Å². The zero-order chi connectivity index (χ0) is 13.9. The lowest BCUT2D eigenvalue weighted by molar-refractivity contribution is -0.385. The van der Waals surface area contributed by atoms with Crippen molar-refractivity contribution in [1.82, 2.24) is 0 Å². The van der Waals surface area contributed by atoms with Crippen molar-refractivity contribution in [2.75, 3.05) is 0 Å². The van der Waals surface area contributed by atoms with E-state index in [4.69, 9.17) is 5.73 Å². The van der Waals surface area contributed by atoms with Crippen molar-refractivity contribution in [3.63, 3.8) is 0 Å². The van der Waals surface area contributed by atoms with Crippen molar-refractivity contribution in [2.24, 2.45) is 11.7 Å². The Bertz CT molecular complexity index is 452.